The van der Waals surface area contributed by atoms with Gasteiger partial charge in [-0.2, -0.15) is 0 Å². The van der Waals surface area contributed by atoms with Crippen molar-refractivity contribution in [3.8, 4) is 0 Å². The fraction of sp³-hybridized carbons (Fsp3) is 0.625. The molecule has 3 heteroatoms. The van der Waals surface area contributed by atoms with E-state index in [1.165, 1.54) is 0 Å². The Morgan fingerprint density at radius 2 is 2.09 bits per heavy atom. The van der Waals surface area contributed by atoms with Crippen LogP contribution in [0.2, 0.25) is 0 Å². The molecule has 0 aromatic carbocycles. The van der Waals surface area contributed by atoms with E-state index in [1.54, 1.807) is 6.92 Å². The SMILES string of the molecule is C=C(C)C(=O)OCCCC.Cl. The van der Waals surface area contributed by atoms with Gasteiger partial charge in [-0.15, -0.1) is 12.4 Å². The first kappa shape index (κ1) is 13.1. The molecule has 0 bridgehead atoms. The topological polar surface area (TPSA) is 26.3 Å². The lowest BCUT2D eigenvalue weighted by Crippen LogP contribution is -2.05. The van der Waals surface area contributed by atoms with Crippen molar-refractivity contribution in [1.29, 1.82) is 0 Å². The Bertz CT molecular complexity index is 132. The average Bonchev–Trinajstić information content (AvgIpc) is 1.88. The van der Waals surface area contributed by atoms with Crippen LogP contribution in [0.3, 0.4) is 0 Å². The predicted molar refractivity (Wildman–Crippen MR) is 47.9 cm³/mol. The fourth-order valence-electron chi connectivity index (χ4n) is 0.432. The lowest BCUT2D eigenvalue weighted by molar-refractivity contribution is -0.139. The predicted octanol–water partition coefficient (Wildman–Crippen LogP) is 2.33. The number of halogens is 1. The number of carbonyl (C=O) groups is 1. The highest BCUT2D eigenvalue weighted by atomic mass is 35.5. The van der Waals surface area contributed by atoms with Crippen molar-refractivity contribution in [2.75, 3.05) is 6.61 Å². The molecule has 0 aliphatic heterocycles. The molecule has 0 amide bonds. The molecule has 2 nitrogen and oxygen atoms in total. The summed E-state index contributed by atoms with van der Waals surface area (Å²) >= 11 is 0. The molecule has 0 heterocycles. The minimum Gasteiger partial charge on any atom is -0.462 e. The van der Waals surface area contributed by atoms with Gasteiger partial charge < -0.3 is 4.74 Å². The highest BCUT2D eigenvalue weighted by Crippen LogP contribution is 1.94. The monoisotopic (exact) mass is 178 g/mol. The molecule has 0 fully saturated rings. The summed E-state index contributed by atoms with van der Waals surface area (Å²) in [5, 5.41) is 0. The van der Waals surface area contributed by atoms with Crippen LogP contribution in [0.25, 0.3) is 0 Å². The van der Waals surface area contributed by atoms with Crippen LogP contribution in [0, 0.1) is 0 Å². The molecule has 0 rings (SSSR count). The molecule has 0 aromatic rings. The van der Waals surface area contributed by atoms with Crippen LogP contribution in [-0.2, 0) is 9.53 Å². The minimum absolute atomic E-state index is 0. The van der Waals surface area contributed by atoms with Gasteiger partial charge in [0, 0.05) is 5.57 Å². The van der Waals surface area contributed by atoms with Crippen molar-refractivity contribution in [2.45, 2.75) is 26.7 Å². The van der Waals surface area contributed by atoms with Crippen molar-refractivity contribution < 1.29 is 9.53 Å². The maximum absolute atomic E-state index is 10.7. The van der Waals surface area contributed by atoms with Crippen molar-refractivity contribution in [1.82, 2.24) is 0 Å². The van der Waals surface area contributed by atoms with E-state index in [0.29, 0.717) is 12.2 Å². The second kappa shape index (κ2) is 7.61. The van der Waals surface area contributed by atoms with E-state index in [-0.39, 0.29) is 18.4 Å². The lowest BCUT2D eigenvalue weighted by atomic mass is 10.3. The molecule has 0 unspecified atom stereocenters. The van der Waals surface area contributed by atoms with Gasteiger partial charge in [-0.25, -0.2) is 4.79 Å². The first-order valence-electron chi connectivity index (χ1n) is 3.51. The number of unbranched alkanes of at least 4 members (excludes halogenated alkanes) is 1. The molecule has 11 heavy (non-hydrogen) atoms. The van der Waals surface area contributed by atoms with Crippen molar-refractivity contribution in [3.63, 3.8) is 0 Å². The van der Waals surface area contributed by atoms with Crippen LogP contribution < -0.4 is 0 Å². The van der Waals surface area contributed by atoms with E-state index < -0.39 is 0 Å². The summed E-state index contributed by atoms with van der Waals surface area (Å²) in [6, 6.07) is 0. The van der Waals surface area contributed by atoms with Gasteiger partial charge in [0.15, 0.2) is 0 Å². The summed E-state index contributed by atoms with van der Waals surface area (Å²) in [6.45, 7) is 7.67. The highest BCUT2D eigenvalue weighted by Gasteiger charge is 2.00. The van der Waals surface area contributed by atoms with Gasteiger partial charge in [0.25, 0.3) is 0 Å². The fourth-order valence-corrected chi connectivity index (χ4v) is 0.432. The second-order valence-corrected chi connectivity index (χ2v) is 2.27. The van der Waals surface area contributed by atoms with E-state index in [0.717, 1.165) is 12.8 Å². The Balaban J connectivity index is 0. The van der Waals surface area contributed by atoms with Crippen molar-refractivity contribution in [3.05, 3.63) is 12.2 Å². The molecule has 0 radical (unpaired) electrons. The zero-order valence-electron chi connectivity index (χ0n) is 7.05. The third kappa shape index (κ3) is 7.40. The molecule has 0 atom stereocenters. The summed E-state index contributed by atoms with van der Waals surface area (Å²) < 4.78 is 4.81. The van der Waals surface area contributed by atoms with Crippen molar-refractivity contribution in [2.24, 2.45) is 0 Å². The molecule has 0 aliphatic carbocycles. The van der Waals surface area contributed by atoms with Crippen LogP contribution in [0.4, 0.5) is 0 Å². The van der Waals surface area contributed by atoms with Gasteiger partial charge >= 0.3 is 5.97 Å². The number of esters is 1. The number of carbonyl (C=O) groups excluding carboxylic acids is 1. The van der Waals surface area contributed by atoms with E-state index in [9.17, 15) is 4.79 Å². The summed E-state index contributed by atoms with van der Waals surface area (Å²) in [7, 11) is 0. The van der Waals surface area contributed by atoms with Crippen LogP contribution >= 0.6 is 12.4 Å². The molecular formula is C8H15ClO2. The normalized spacial score (nSPS) is 8.18. The van der Waals surface area contributed by atoms with E-state index in [1.807, 2.05) is 0 Å². The molecule has 0 aliphatic rings. The van der Waals surface area contributed by atoms with Gasteiger partial charge in [-0.3, -0.25) is 0 Å². The van der Waals surface area contributed by atoms with Gasteiger partial charge in [0.1, 0.15) is 0 Å². The van der Waals surface area contributed by atoms with Crippen LogP contribution in [0.15, 0.2) is 12.2 Å². The zero-order chi connectivity index (χ0) is 7.98. The lowest BCUT2D eigenvalue weighted by Gasteiger charge is -2.01. The number of hydrogen-bond donors (Lipinski definition) is 0. The average molecular weight is 179 g/mol. The van der Waals surface area contributed by atoms with Crippen molar-refractivity contribution >= 4 is 18.4 Å². The largest absolute Gasteiger partial charge is 0.462 e. The summed E-state index contributed by atoms with van der Waals surface area (Å²) in [5.41, 5.74) is 0.469. The van der Waals surface area contributed by atoms with Gasteiger partial charge in [-0.05, 0) is 13.3 Å². The molecule has 66 valence electrons. The minimum atomic E-state index is -0.284. The molecule has 0 N–H and O–H groups in total. The highest BCUT2D eigenvalue weighted by molar-refractivity contribution is 5.86. The third-order valence-electron chi connectivity index (χ3n) is 1.08. The van der Waals surface area contributed by atoms with Gasteiger partial charge in [0.05, 0.1) is 6.61 Å². The first-order valence-corrected chi connectivity index (χ1v) is 3.51. The van der Waals surface area contributed by atoms with E-state index in [4.69, 9.17) is 4.74 Å². The molecular weight excluding hydrogens is 164 g/mol. The second-order valence-electron chi connectivity index (χ2n) is 2.27. The third-order valence-corrected chi connectivity index (χ3v) is 1.08. The molecule has 0 saturated heterocycles. The zero-order valence-corrected chi connectivity index (χ0v) is 7.87. The van der Waals surface area contributed by atoms with Crippen LogP contribution in [-0.4, -0.2) is 12.6 Å². The standard InChI is InChI=1S/C8H14O2.ClH/c1-4-5-6-10-8(9)7(2)3;/h2,4-6H2,1,3H3;1H. The smallest absolute Gasteiger partial charge is 0.333 e. The van der Waals surface area contributed by atoms with E-state index in [2.05, 4.69) is 13.5 Å². The van der Waals surface area contributed by atoms with Crippen LogP contribution in [0.5, 0.6) is 0 Å². The van der Waals surface area contributed by atoms with Crippen LogP contribution in [0.1, 0.15) is 26.7 Å². The Morgan fingerprint density at radius 3 is 2.45 bits per heavy atom. The number of hydrogen-bond acceptors (Lipinski definition) is 2. The molecule has 0 aromatic heterocycles. The Labute approximate surface area is 74.0 Å². The Morgan fingerprint density at radius 1 is 1.55 bits per heavy atom. The Kier molecular flexibility index (Phi) is 9.07. The maximum atomic E-state index is 10.7. The maximum Gasteiger partial charge on any atom is 0.333 e. The number of rotatable bonds is 4. The summed E-state index contributed by atoms with van der Waals surface area (Å²) in [5.74, 6) is -0.284. The molecule has 0 saturated carbocycles. The summed E-state index contributed by atoms with van der Waals surface area (Å²) in [6.07, 6.45) is 1.97. The quantitative estimate of drug-likeness (QED) is 0.375. The Hall–Kier alpha value is -0.500. The van der Waals surface area contributed by atoms with E-state index >= 15 is 0 Å². The first-order chi connectivity index (χ1) is 4.68. The van der Waals surface area contributed by atoms with Gasteiger partial charge in [-0.1, -0.05) is 19.9 Å². The number of ether oxygens (including phenoxy) is 1. The van der Waals surface area contributed by atoms with Gasteiger partial charge in [0.2, 0.25) is 0 Å². The summed E-state index contributed by atoms with van der Waals surface area (Å²) in [4.78, 5) is 10.7. The molecule has 0 spiro atoms.